The normalized spacial score (nSPS) is 38.7. The Hall–Kier alpha value is 0.137. The summed E-state index contributed by atoms with van der Waals surface area (Å²) in [6.45, 7) is 4.54. The third-order valence-electron chi connectivity index (χ3n) is 2.68. The van der Waals surface area contributed by atoms with Crippen LogP contribution in [-0.2, 0) is 8.85 Å². The Morgan fingerprint density at radius 2 is 1.40 bits per heavy atom. The summed E-state index contributed by atoms with van der Waals surface area (Å²) in [5, 5.41) is 0. The fourth-order valence-corrected chi connectivity index (χ4v) is 3.99. The number of rotatable bonds is 3. The van der Waals surface area contributed by atoms with Crippen LogP contribution in [0.1, 0.15) is 13.8 Å². The highest BCUT2D eigenvalue weighted by atomic mass is 28.3. The van der Waals surface area contributed by atoms with Crippen LogP contribution in [-0.4, -0.2) is 23.5 Å². The van der Waals surface area contributed by atoms with E-state index in [4.69, 9.17) is 8.85 Å². The van der Waals surface area contributed by atoms with Gasteiger partial charge >= 0.3 is 9.28 Å². The number of hydrogen-bond donors (Lipinski definition) is 0. The van der Waals surface area contributed by atoms with E-state index in [2.05, 4.69) is 13.8 Å². The van der Waals surface area contributed by atoms with Gasteiger partial charge in [-0.1, -0.05) is 13.8 Å². The first-order valence-electron chi connectivity index (χ1n) is 3.78. The topological polar surface area (TPSA) is 18.5 Å². The van der Waals surface area contributed by atoms with Crippen LogP contribution >= 0.6 is 0 Å². The van der Waals surface area contributed by atoms with Crippen molar-refractivity contribution >= 4 is 9.28 Å². The lowest BCUT2D eigenvalue weighted by molar-refractivity contribution is 0.273. The van der Waals surface area contributed by atoms with Crippen LogP contribution in [0.2, 0.25) is 5.54 Å². The van der Waals surface area contributed by atoms with Gasteiger partial charge in [0.2, 0.25) is 0 Å². The second kappa shape index (κ2) is 3.03. The third kappa shape index (κ3) is 1.26. The molecule has 2 nitrogen and oxygen atoms in total. The van der Waals surface area contributed by atoms with E-state index in [1.54, 1.807) is 14.2 Å². The smallest absolute Gasteiger partial charge is 0.324 e. The van der Waals surface area contributed by atoms with Crippen molar-refractivity contribution in [1.82, 2.24) is 0 Å². The third-order valence-corrected chi connectivity index (χ3v) is 5.45. The molecule has 1 saturated carbocycles. The highest BCUT2D eigenvalue weighted by Gasteiger charge is 2.50. The standard InChI is InChI=1S/C7H16O2Si/c1-5-6(2)7(5)10(8-3)9-4/h5-7,10H,1-4H3. The quantitative estimate of drug-likeness (QED) is 0.577. The summed E-state index contributed by atoms with van der Waals surface area (Å²) < 4.78 is 10.6. The summed E-state index contributed by atoms with van der Waals surface area (Å²) in [6.07, 6.45) is 0. The van der Waals surface area contributed by atoms with Crippen molar-refractivity contribution in [2.75, 3.05) is 14.2 Å². The monoisotopic (exact) mass is 160 g/mol. The van der Waals surface area contributed by atoms with Crippen molar-refractivity contribution in [3.63, 3.8) is 0 Å². The maximum absolute atomic E-state index is 5.28. The summed E-state index contributed by atoms with van der Waals surface area (Å²) in [6, 6.07) is 0. The zero-order valence-electron chi connectivity index (χ0n) is 7.13. The SMILES string of the molecule is CO[SiH](OC)C1C(C)C1C. The summed E-state index contributed by atoms with van der Waals surface area (Å²) in [4.78, 5) is 0. The predicted molar refractivity (Wildman–Crippen MR) is 43.2 cm³/mol. The second-order valence-electron chi connectivity index (χ2n) is 3.14. The molecule has 0 amide bonds. The van der Waals surface area contributed by atoms with E-state index in [0.717, 1.165) is 17.4 Å². The lowest BCUT2D eigenvalue weighted by atomic mass is 10.4. The first kappa shape index (κ1) is 8.24. The average Bonchev–Trinajstić information content (AvgIpc) is 2.49. The molecule has 0 N–H and O–H groups in total. The molecule has 2 unspecified atom stereocenters. The van der Waals surface area contributed by atoms with Crippen molar-refractivity contribution in [2.24, 2.45) is 11.8 Å². The van der Waals surface area contributed by atoms with Crippen LogP contribution in [0.4, 0.5) is 0 Å². The molecule has 0 radical (unpaired) electrons. The zero-order chi connectivity index (χ0) is 7.72. The van der Waals surface area contributed by atoms with Crippen molar-refractivity contribution in [1.29, 1.82) is 0 Å². The Bertz CT molecular complexity index is 106. The molecule has 0 aromatic rings. The molecule has 0 bridgehead atoms. The minimum Gasteiger partial charge on any atom is -0.400 e. The van der Waals surface area contributed by atoms with E-state index in [-0.39, 0.29) is 0 Å². The van der Waals surface area contributed by atoms with Crippen molar-refractivity contribution in [3.05, 3.63) is 0 Å². The average molecular weight is 160 g/mol. The van der Waals surface area contributed by atoms with E-state index in [9.17, 15) is 0 Å². The van der Waals surface area contributed by atoms with Gasteiger partial charge in [-0.2, -0.15) is 0 Å². The Morgan fingerprint density at radius 3 is 1.50 bits per heavy atom. The molecule has 1 aliphatic rings. The molecule has 0 saturated heterocycles. The lowest BCUT2D eigenvalue weighted by Gasteiger charge is -2.09. The van der Waals surface area contributed by atoms with Crippen molar-refractivity contribution < 1.29 is 8.85 Å². The first-order chi connectivity index (χ1) is 4.72. The summed E-state index contributed by atoms with van der Waals surface area (Å²) in [5.41, 5.74) is 0.759. The van der Waals surface area contributed by atoms with E-state index in [1.165, 1.54) is 0 Å². The van der Waals surface area contributed by atoms with E-state index >= 15 is 0 Å². The second-order valence-corrected chi connectivity index (χ2v) is 5.58. The van der Waals surface area contributed by atoms with Crippen LogP contribution in [0, 0.1) is 11.8 Å². The molecule has 1 rings (SSSR count). The van der Waals surface area contributed by atoms with Gasteiger partial charge in [-0.05, 0) is 11.8 Å². The van der Waals surface area contributed by atoms with Crippen LogP contribution in [0.15, 0.2) is 0 Å². The van der Waals surface area contributed by atoms with Gasteiger partial charge in [0.05, 0.1) is 0 Å². The van der Waals surface area contributed by atoms with E-state index < -0.39 is 9.28 Å². The molecule has 1 fully saturated rings. The molecule has 10 heavy (non-hydrogen) atoms. The molecule has 0 heterocycles. The molecule has 3 heteroatoms. The molecular weight excluding hydrogens is 144 g/mol. The molecule has 0 spiro atoms. The molecule has 2 atom stereocenters. The molecule has 60 valence electrons. The molecular formula is C7H16O2Si. The van der Waals surface area contributed by atoms with Gasteiger partial charge in [-0.15, -0.1) is 0 Å². The zero-order valence-corrected chi connectivity index (χ0v) is 8.28. The van der Waals surface area contributed by atoms with Gasteiger partial charge in [0, 0.05) is 19.8 Å². The Kier molecular flexibility index (Phi) is 2.49. The Labute approximate surface area is 64.4 Å². The predicted octanol–water partition coefficient (Wildman–Crippen LogP) is 1.16. The maximum Gasteiger partial charge on any atom is 0.324 e. The molecule has 0 aliphatic heterocycles. The molecule has 0 aromatic carbocycles. The summed E-state index contributed by atoms with van der Waals surface area (Å²) in [7, 11) is 2.25. The molecule has 1 aliphatic carbocycles. The van der Waals surface area contributed by atoms with Gasteiger partial charge in [-0.25, -0.2) is 0 Å². The highest BCUT2D eigenvalue weighted by Crippen LogP contribution is 2.53. The van der Waals surface area contributed by atoms with Gasteiger partial charge in [-0.3, -0.25) is 0 Å². The van der Waals surface area contributed by atoms with Crippen LogP contribution in [0.25, 0.3) is 0 Å². The highest BCUT2D eigenvalue weighted by molar-refractivity contribution is 6.47. The largest absolute Gasteiger partial charge is 0.400 e. The van der Waals surface area contributed by atoms with Gasteiger partial charge in [0.25, 0.3) is 0 Å². The minimum absolute atomic E-state index is 0.759. The number of hydrogen-bond acceptors (Lipinski definition) is 2. The fourth-order valence-electron chi connectivity index (χ4n) is 1.61. The first-order valence-corrected chi connectivity index (χ1v) is 5.39. The van der Waals surface area contributed by atoms with Gasteiger partial charge < -0.3 is 8.85 Å². The Balaban J connectivity index is 2.35. The van der Waals surface area contributed by atoms with Crippen LogP contribution in [0.3, 0.4) is 0 Å². The fraction of sp³-hybridized carbons (Fsp3) is 1.00. The Morgan fingerprint density at radius 1 is 1.00 bits per heavy atom. The van der Waals surface area contributed by atoms with Crippen LogP contribution < -0.4 is 0 Å². The summed E-state index contributed by atoms with van der Waals surface area (Å²) >= 11 is 0. The van der Waals surface area contributed by atoms with E-state index in [0.29, 0.717) is 0 Å². The van der Waals surface area contributed by atoms with Gasteiger partial charge in [0.15, 0.2) is 0 Å². The molecule has 0 aromatic heterocycles. The van der Waals surface area contributed by atoms with Crippen molar-refractivity contribution in [3.8, 4) is 0 Å². The van der Waals surface area contributed by atoms with Gasteiger partial charge in [0.1, 0.15) is 0 Å². The maximum atomic E-state index is 5.28. The van der Waals surface area contributed by atoms with Crippen molar-refractivity contribution in [2.45, 2.75) is 19.4 Å². The lowest BCUT2D eigenvalue weighted by Crippen LogP contribution is -2.20. The van der Waals surface area contributed by atoms with Crippen LogP contribution in [0.5, 0.6) is 0 Å². The minimum atomic E-state index is -1.27. The van der Waals surface area contributed by atoms with E-state index in [1.807, 2.05) is 0 Å². The summed E-state index contributed by atoms with van der Waals surface area (Å²) in [5.74, 6) is 1.66.